The van der Waals surface area contributed by atoms with E-state index < -0.39 is 5.97 Å². The first-order valence-electron chi connectivity index (χ1n) is 10.0. The van der Waals surface area contributed by atoms with Crippen LogP contribution in [0.5, 0.6) is 5.75 Å². The number of aromatic nitrogens is 3. The Hall–Kier alpha value is -3.61. The first-order valence-corrected chi connectivity index (χ1v) is 10.0. The van der Waals surface area contributed by atoms with Gasteiger partial charge in [0.25, 0.3) is 0 Å². The van der Waals surface area contributed by atoms with Gasteiger partial charge in [0, 0.05) is 5.69 Å². The summed E-state index contributed by atoms with van der Waals surface area (Å²) in [6.45, 7) is 6.32. The number of fused-ring (bicyclic) bond motifs is 2. The highest BCUT2D eigenvalue weighted by molar-refractivity contribution is 6.09. The van der Waals surface area contributed by atoms with Crippen molar-refractivity contribution in [1.29, 1.82) is 0 Å². The number of ether oxygens (including phenoxy) is 2. The van der Waals surface area contributed by atoms with Gasteiger partial charge in [-0.2, -0.15) is 0 Å². The zero-order valence-electron chi connectivity index (χ0n) is 17.3. The third kappa shape index (κ3) is 3.43. The molecule has 0 spiro atoms. The van der Waals surface area contributed by atoms with Crippen molar-refractivity contribution in [2.75, 3.05) is 12.3 Å². The predicted molar refractivity (Wildman–Crippen MR) is 117 cm³/mol. The lowest BCUT2D eigenvalue weighted by molar-refractivity contribution is 0.0338. The molecule has 0 bridgehead atoms. The van der Waals surface area contributed by atoms with E-state index in [-0.39, 0.29) is 17.5 Å². The number of anilines is 1. The Morgan fingerprint density at radius 3 is 2.37 bits per heavy atom. The third-order valence-corrected chi connectivity index (χ3v) is 4.99. The fourth-order valence-corrected chi connectivity index (χ4v) is 3.31. The second kappa shape index (κ2) is 8.02. The molecule has 1 atom stereocenters. The van der Waals surface area contributed by atoms with E-state index in [1.807, 2.05) is 69.3 Å². The number of carbonyl (C=O) groups excluding carboxylic acids is 1. The predicted octanol–water partition coefficient (Wildman–Crippen LogP) is 4.51. The van der Waals surface area contributed by atoms with E-state index in [1.54, 1.807) is 4.57 Å². The van der Waals surface area contributed by atoms with Gasteiger partial charge >= 0.3 is 5.97 Å². The fourth-order valence-electron chi connectivity index (χ4n) is 3.31. The minimum Gasteiger partial charge on any atom is -0.494 e. The number of carbonyl (C=O) groups is 1. The summed E-state index contributed by atoms with van der Waals surface area (Å²) in [4.78, 5) is 22.4. The molecule has 0 radical (unpaired) electrons. The van der Waals surface area contributed by atoms with E-state index in [4.69, 9.17) is 25.2 Å². The monoisotopic (exact) mass is 404 g/mol. The van der Waals surface area contributed by atoms with Crippen molar-refractivity contribution in [3.8, 4) is 11.4 Å². The zero-order valence-corrected chi connectivity index (χ0v) is 17.3. The standard InChI is InChI=1S/C23H24N4O3/c1-4-14(3)30-23(28)19-20-22(26-18-9-7-6-8-17(18)25-20)27(21(19)24)15-10-12-16(13-11-15)29-5-2/h6-14H,4-5,24H2,1-3H3/t14-/m1/s1. The van der Waals surface area contributed by atoms with Gasteiger partial charge in [0.05, 0.1) is 23.7 Å². The number of hydrogen-bond donors (Lipinski definition) is 1. The summed E-state index contributed by atoms with van der Waals surface area (Å²) in [5, 5.41) is 0. The number of rotatable bonds is 6. The largest absolute Gasteiger partial charge is 0.494 e. The Bertz CT molecular complexity index is 1210. The summed E-state index contributed by atoms with van der Waals surface area (Å²) in [5.74, 6) is 0.503. The molecule has 7 nitrogen and oxygen atoms in total. The zero-order chi connectivity index (χ0) is 21.3. The molecule has 0 saturated heterocycles. The summed E-state index contributed by atoms with van der Waals surface area (Å²) in [6.07, 6.45) is 0.479. The van der Waals surface area contributed by atoms with E-state index >= 15 is 0 Å². The molecule has 4 rings (SSSR count). The fraction of sp³-hybridized carbons (Fsp3) is 0.261. The van der Waals surface area contributed by atoms with Gasteiger partial charge in [0.1, 0.15) is 22.6 Å². The van der Waals surface area contributed by atoms with Crippen LogP contribution in [0, 0.1) is 0 Å². The van der Waals surface area contributed by atoms with Crippen molar-refractivity contribution in [3.05, 3.63) is 54.1 Å². The first-order chi connectivity index (χ1) is 14.5. The molecule has 30 heavy (non-hydrogen) atoms. The van der Waals surface area contributed by atoms with Crippen LogP contribution in [0.25, 0.3) is 27.9 Å². The van der Waals surface area contributed by atoms with Gasteiger partial charge in [-0.25, -0.2) is 14.8 Å². The van der Waals surface area contributed by atoms with Crippen molar-refractivity contribution in [3.63, 3.8) is 0 Å². The highest BCUT2D eigenvalue weighted by Gasteiger charge is 2.26. The molecule has 154 valence electrons. The SMILES string of the molecule is CCOc1ccc(-n2c(N)c(C(=O)O[C@H](C)CC)c3nc4ccccc4nc32)cc1. The molecule has 0 saturated carbocycles. The van der Waals surface area contributed by atoms with E-state index in [9.17, 15) is 4.79 Å². The van der Waals surface area contributed by atoms with Crippen molar-refractivity contribution in [1.82, 2.24) is 14.5 Å². The maximum Gasteiger partial charge on any atom is 0.344 e. The molecule has 2 aromatic heterocycles. The molecule has 0 amide bonds. The Morgan fingerprint density at radius 2 is 1.73 bits per heavy atom. The highest BCUT2D eigenvalue weighted by Crippen LogP contribution is 2.32. The number of esters is 1. The van der Waals surface area contributed by atoms with Gasteiger partial charge in [-0.1, -0.05) is 19.1 Å². The van der Waals surface area contributed by atoms with Gasteiger partial charge in [-0.3, -0.25) is 4.57 Å². The normalized spacial score (nSPS) is 12.2. The van der Waals surface area contributed by atoms with Crippen LogP contribution in [0.3, 0.4) is 0 Å². The lowest BCUT2D eigenvalue weighted by Gasteiger charge is -2.11. The van der Waals surface area contributed by atoms with Gasteiger partial charge in [0.15, 0.2) is 5.65 Å². The van der Waals surface area contributed by atoms with E-state index in [0.29, 0.717) is 29.7 Å². The molecular formula is C23H24N4O3. The number of nitrogens with two attached hydrogens (primary N) is 1. The summed E-state index contributed by atoms with van der Waals surface area (Å²) in [5.41, 5.74) is 9.80. The van der Waals surface area contributed by atoms with Crippen LogP contribution in [0.4, 0.5) is 5.82 Å². The molecular weight excluding hydrogens is 380 g/mol. The van der Waals surface area contributed by atoms with Gasteiger partial charge < -0.3 is 15.2 Å². The average Bonchev–Trinajstić information content (AvgIpc) is 3.03. The minimum atomic E-state index is -0.499. The number of nitrogen functional groups attached to an aromatic ring is 1. The van der Waals surface area contributed by atoms with Gasteiger partial charge in [-0.05, 0) is 56.7 Å². The summed E-state index contributed by atoms with van der Waals surface area (Å²) in [7, 11) is 0. The number of nitrogens with zero attached hydrogens (tertiary/aromatic N) is 3. The van der Waals surface area contributed by atoms with Crippen LogP contribution in [0.15, 0.2) is 48.5 Å². The number of para-hydroxylation sites is 2. The van der Waals surface area contributed by atoms with Crippen LogP contribution < -0.4 is 10.5 Å². The smallest absolute Gasteiger partial charge is 0.344 e. The van der Waals surface area contributed by atoms with E-state index in [1.165, 1.54) is 0 Å². The maximum atomic E-state index is 13.0. The second-order valence-corrected chi connectivity index (χ2v) is 7.03. The van der Waals surface area contributed by atoms with E-state index in [0.717, 1.165) is 17.0 Å². The van der Waals surface area contributed by atoms with E-state index in [2.05, 4.69) is 0 Å². The van der Waals surface area contributed by atoms with Crippen molar-refractivity contribution in [2.24, 2.45) is 0 Å². The average molecular weight is 404 g/mol. The van der Waals surface area contributed by atoms with Crippen LogP contribution >= 0.6 is 0 Å². The summed E-state index contributed by atoms with van der Waals surface area (Å²) < 4.78 is 12.8. The number of benzene rings is 2. The lowest BCUT2D eigenvalue weighted by atomic mass is 10.2. The minimum absolute atomic E-state index is 0.228. The molecule has 7 heteroatoms. The molecule has 2 aromatic carbocycles. The summed E-state index contributed by atoms with van der Waals surface area (Å²) in [6, 6.07) is 15.0. The van der Waals surface area contributed by atoms with Gasteiger partial charge in [-0.15, -0.1) is 0 Å². The maximum absolute atomic E-state index is 13.0. The third-order valence-electron chi connectivity index (χ3n) is 4.99. The topological polar surface area (TPSA) is 92.3 Å². The lowest BCUT2D eigenvalue weighted by Crippen LogP contribution is -2.15. The van der Waals surface area contributed by atoms with Gasteiger partial charge in [0.2, 0.25) is 0 Å². The molecule has 0 aliphatic heterocycles. The highest BCUT2D eigenvalue weighted by atomic mass is 16.5. The number of hydrogen-bond acceptors (Lipinski definition) is 6. The second-order valence-electron chi connectivity index (χ2n) is 7.03. The molecule has 0 fully saturated rings. The van der Waals surface area contributed by atoms with Crippen molar-refractivity contribution < 1.29 is 14.3 Å². The van der Waals surface area contributed by atoms with Crippen LogP contribution in [0.2, 0.25) is 0 Å². The Morgan fingerprint density at radius 1 is 1.07 bits per heavy atom. The molecule has 4 aromatic rings. The Balaban J connectivity index is 1.95. The van der Waals surface area contributed by atoms with Crippen LogP contribution in [-0.4, -0.2) is 33.2 Å². The van der Waals surface area contributed by atoms with Crippen molar-refractivity contribution >= 4 is 34.0 Å². The molecule has 0 aliphatic carbocycles. The Labute approximate surface area is 174 Å². The van der Waals surface area contributed by atoms with Crippen molar-refractivity contribution in [2.45, 2.75) is 33.3 Å². The summed E-state index contributed by atoms with van der Waals surface area (Å²) >= 11 is 0. The molecule has 2 heterocycles. The molecule has 2 N–H and O–H groups in total. The van der Waals surface area contributed by atoms with Crippen LogP contribution in [0.1, 0.15) is 37.6 Å². The Kier molecular flexibility index (Phi) is 5.27. The molecule has 0 unspecified atom stereocenters. The quantitative estimate of drug-likeness (QED) is 0.475. The first kappa shape index (κ1) is 19.7. The van der Waals surface area contributed by atoms with Crippen LogP contribution in [-0.2, 0) is 4.74 Å². The molecule has 0 aliphatic rings.